The van der Waals surface area contributed by atoms with E-state index in [-0.39, 0.29) is 6.92 Å². The van der Waals surface area contributed by atoms with Crippen LogP contribution in [0.3, 0.4) is 0 Å². The Morgan fingerprint density at radius 3 is 2.29 bits per heavy atom. The maximum absolute atomic E-state index is 10.4. The minimum atomic E-state index is -4.00. The molecule has 0 amide bonds. The Morgan fingerprint density at radius 2 is 1.68 bits per heavy atom. The molecule has 0 saturated carbocycles. The topological polar surface area (TPSA) is 42.2 Å². The van der Waals surface area contributed by atoms with E-state index < -0.39 is 6.18 Å². The van der Waals surface area contributed by atoms with Gasteiger partial charge >= 0.3 is 6.18 Å². The molecule has 0 unspecified atom stereocenters. The summed E-state index contributed by atoms with van der Waals surface area (Å²) in [6, 6.07) is 18.8. The van der Waals surface area contributed by atoms with Crippen molar-refractivity contribution in [3.63, 3.8) is 0 Å². The van der Waals surface area contributed by atoms with Gasteiger partial charge in [-0.3, -0.25) is 0 Å². The van der Waals surface area contributed by atoms with Crippen LogP contribution >= 0.6 is 0 Å². The Morgan fingerprint density at radius 1 is 1.00 bits per heavy atom. The van der Waals surface area contributed by atoms with Gasteiger partial charge in [-0.25, -0.2) is 9.50 Å². The quantitative estimate of drug-likeness (QED) is 0.377. The molecule has 162 valence electrons. The van der Waals surface area contributed by atoms with E-state index in [0.29, 0.717) is 5.92 Å². The minimum Gasteiger partial charge on any atom is -0.340 e. The number of fused-ring (bicyclic) bond motifs is 1. The van der Waals surface area contributed by atoms with Crippen LogP contribution in [0.1, 0.15) is 37.8 Å². The molecule has 2 aromatic heterocycles. The Labute approximate surface area is 179 Å². The average Bonchev–Trinajstić information content (AvgIpc) is 3.10. The van der Waals surface area contributed by atoms with E-state index in [2.05, 4.69) is 79.7 Å². The van der Waals surface area contributed by atoms with E-state index in [1.165, 1.54) is 11.1 Å². The summed E-state index contributed by atoms with van der Waals surface area (Å²) in [4.78, 5) is 4.78. The van der Waals surface area contributed by atoms with Crippen molar-refractivity contribution in [1.29, 1.82) is 0 Å². The maximum atomic E-state index is 10.4. The third-order valence-electron chi connectivity index (χ3n) is 4.55. The largest absolute Gasteiger partial charge is 0.386 e. The average molecular weight is 426 g/mol. The zero-order valence-corrected chi connectivity index (χ0v) is 17.9. The second-order valence-corrected chi connectivity index (χ2v) is 7.69. The molecule has 0 aliphatic rings. The lowest BCUT2D eigenvalue weighted by atomic mass is 10.0. The summed E-state index contributed by atoms with van der Waals surface area (Å²) < 4.78 is 32.9. The number of halogens is 3. The van der Waals surface area contributed by atoms with Gasteiger partial charge in [-0.2, -0.15) is 18.3 Å². The van der Waals surface area contributed by atoms with Crippen LogP contribution in [0.4, 0.5) is 24.7 Å². The van der Waals surface area contributed by atoms with Crippen LogP contribution in [-0.2, 0) is 0 Å². The number of hydrogen-bond acceptors (Lipinski definition) is 3. The second-order valence-electron chi connectivity index (χ2n) is 7.69. The molecule has 0 fully saturated rings. The van der Waals surface area contributed by atoms with Crippen molar-refractivity contribution in [2.75, 3.05) is 5.32 Å². The molecule has 4 rings (SSSR count). The standard InChI is InChI=1S/C22H22N4.C2H3F3/c1-15(2)17-7-9-19(10-8-17)24-21-11-12-26-22(25-21)20(14-23-26)18-6-4-5-16(3)13-18;1-2(3,4)5/h4-15H,1-3H3,(H,24,25);1H3. The summed E-state index contributed by atoms with van der Waals surface area (Å²) in [6.45, 7) is 6.68. The van der Waals surface area contributed by atoms with Crippen molar-refractivity contribution in [3.05, 3.63) is 78.1 Å². The maximum Gasteiger partial charge on any atom is 0.386 e. The molecule has 2 heterocycles. The highest BCUT2D eigenvalue weighted by atomic mass is 19.4. The summed E-state index contributed by atoms with van der Waals surface area (Å²) in [6.07, 6.45) is -0.190. The molecule has 4 aromatic rings. The number of aromatic nitrogens is 3. The first-order chi connectivity index (χ1) is 14.6. The van der Waals surface area contributed by atoms with Crippen molar-refractivity contribution in [2.45, 2.75) is 39.8 Å². The molecule has 0 aliphatic carbocycles. The van der Waals surface area contributed by atoms with Gasteiger partial charge in [0.25, 0.3) is 0 Å². The number of anilines is 2. The van der Waals surface area contributed by atoms with Gasteiger partial charge in [0, 0.05) is 24.4 Å². The first-order valence-electron chi connectivity index (χ1n) is 9.95. The normalized spacial score (nSPS) is 11.4. The van der Waals surface area contributed by atoms with E-state index in [1.807, 2.05) is 23.0 Å². The Bertz CT molecular complexity index is 1140. The van der Waals surface area contributed by atoms with Crippen LogP contribution in [0.2, 0.25) is 0 Å². The molecular formula is C24H25F3N4. The smallest absolute Gasteiger partial charge is 0.340 e. The summed E-state index contributed by atoms with van der Waals surface area (Å²) in [5.74, 6) is 1.34. The van der Waals surface area contributed by atoms with Crippen LogP contribution in [0.15, 0.2) is 67.0 Å². The number of nitrogens with zero attached hydrogens (tertiary/aromatic N) is 3. The predicted octanol–water partition coefficient (Wildman–Crippen LogP) is 7.14. The van der Waals surface area contributed by atoms with Crippen molar-refractivity contribution >= 4 is 17.2 Å². The summed E-state index contributed by atoms with van der Waals surface area (Å²) in [5, 5.41) is 7.82. The minimum absolute atomic E-state index is 0.188. The third kappa shape index (κ3) is 6.31. The molecule has 31 heavy (non-hydrogen) atoms. The van der Waals surface area contributed by atoms with E-state index in [0.717, 1.165) is 28.3 Å². The van der Waals surface area contributed by atoms with Gasteiger partial charge in [-0.05, 0) is 42.2 Å². The van der Waals surface area contributed by atoms with Gasteiger partial charge < -0.3 is 5.32 Å². The fraction of sp³-hybridized carbons (Fsp3) is 0.250. The molecule has 0 spiro atoms. The van der Waals surface area contributed by atoms with Crippen molar-refractivity contribution in [1.82, 2.24) is 14.6 Å². The van der Waals surface area contributed by atoms with Gasteiger partial charge in [0.05, 0.1) is 6.20 Å². The van der Waals surface area contributed by atoms with E-state index >= 15 is 0 Å². The predicted molar refractivity (Wildman–Crippen MR) is 119 cm³/mol. The summed E-state index contributed by atoms with van der Waals surface area (Å²) in [5.41, 5.74) is 6.60. The van der Waals surface area contributed by atoms with Gasteiger partial charge in [0.2, 0.25) is 0 Å². The number of nitrogens with one attached hydrogen (secondary N) is 1. The Kier molecular flexibility index (Phi) is 6.63. The lowest BCUT2D eigenvalue weighted by molar-refractivity contribution is -0.110. The fourth-order valence-corrected chi connectivity index (χ4v) is 3.05. The zero-order chi connectivity index (χ0) is 22.6. The van der Waals surface area contributed by atoms with Crippen molar-refractivity contribution < 1.29 is 13.2 Å². The van der Waals surface area contributed by atoms with Gasteiger partial charge in [0.1, 0.15) is 5.82 Å². The summed E-state index contributed by atoms with van der Waals surface area (Å²) in [7, 11) is 0. The zero-order valence-electron chi connectivity index (χ0n) is 17.9. The number of aryl methyl sites for hydroxylation is 1. The molecule has 1 N–H and O–H groups in total. The Hall–Kier alpha value is -3.35. The number of hydrogen-bond donors (Lipinski definition) is 1. The van der Waals surface area contributed by atoms with E-state index in [4.69, 9.17) is 4.98 Å². The fourth-order valence-electron chi connectivity index (χ4n) is 3.05. The first kappa shape index (κ1) is 22.3. The molecule has 0 saturated heterocycles. The molecule has 0 bridgehead atoms. The first-order valence-corrected chi connectivity index (χ1v) is 9.95. The van der Waals surface area contributed by atoms with Crippen LogP contribution in [0, 0.1) is 6.92 Å². The highest BCUT2D eigenvalue weighted by Gasteiger charge is 2.15. The van der Waals surface area contributed by atoms with Gasteiger partial charge in [0.15, 0.2) is 5.65 Å². The molecule has 0 aliphatic heterocycles. The number of rotatable bonds is 4. The lowest BCUT2D eigenvalue weighted by Gasteiger charge is -2.09. The van der Waals surface area contributed by atoms with E-state index in [9.17, 15) is 13.2 Å². The molecule has 7 heteroatoms. The molecule has 0 radical (unpaired) electrons. The molecule has 4 nitrogen and oxygen atoms in total. The van der Waals surface area contributed by atoms with Gasteiger partial charge in [-0.1, -0.05) is 55.8 Å². The number of alkyl halides is 3. The SMILES string of the molecule is CC(F)(F)F.Cc1cccc(-c2cnn3ccc(Nc4ccc(C(C)C)cc4)nc23)c1. The number of benzene rings is 2. The Balaban J connectivity index is 0.000000491. The van der Waals surface area contributed by atoms with Crippen molar-refractivity contribution in [3.8, 4) is 11.1 Å². The third-order valence-corrected chi connectivity index (χ3v) is 4.55. The highest BCUT2D eigenvalue weighted by Crippen LogP contribution is 2.26. The molecule has 0 atom stereocenters. The summed E-state index contributed by atoms with van der Waals surface area (Å²) >= 11 is 0. The van der Waals surface area contributed by atoms with Crippen LogP contribution in [0.25, 0.3) is 16.8 Å². The second kappa shape index (κ2) is 9.20. The monoisotopic (exact) mass is 426 g/mol. The lowest BCUT2D eigenvalue weighted by Crippen LogP contribution is -1.97. The highest BCUT2D eigenvalue weighted by molar-refractivity contribution is 5.78. The molecule has 2 aromatic carbocycles. The van der Waals surface area contributed by atoms with Gasteiger partial charge in [-0.15, -0.1) is 0 Å². The molecular weight excluding hydrogens is 401 g/mol. The van der Waals surface area contributed by atoms with Crippen LogP contribution in [0.5, 0.6) is 0 Å². The van der Waals surface area contributed by atoms with E-state index in [1.54, 1.807) is 0 Å². The van der Waals surface area contributed by atoms with Crippen LogP contribution < -0.4 is 5.32 Å². The van der Waals surface area contributed by atoms with Crippen molar-refractivity contribution in [2.24, 2.45) is 0 Å². The van der Waals surface area contributed by atoms with Crippen LogP contribution in [-0.4, -0.2) is 20.8 Å².